The molecule has 1 aromatic heterocycles. The zero-order chi connectivity index (χ0) is 15.9. The molecule has 2 fully saturated rings. The van der Waals surface area contributed by atoms with Gasteiger partial charge < -0.3 is 9.84 Å². The molecular weight excluding hydrogens is 282 g/mol. The van der Waals surface area contributed by atoms with Crippen molar-refractivity contribution in [2.45, 2.75) is 44.9 Å². The molecule has 0 spiro atoms. The maximum absolute atomic E-state index is 12.0. The SMILES string of the molecule is CC(C)(C)c1ccc(=O)n(CC2CN(C3COCC3O)C2)n1. The van der Waals surface area contributed by atoms with E-state index in [9.17, 15) is 9.90 Å². The Morgan fingerprint density at radius 1 is 1.32 bits per heavy atom. The lowest BCUT2D eigenvalue weighted by Gasteiger charge is -2.43. The van der Waals surface area contributed by atoms with Crippen LogP contribution in [-0.2, 0) is 16.7 Å². The quantitative estimate of drug-likeness (QED) is 0.866. The molecule has 2 atom stereocenters. The number of aromatic nitrogens is 2. The van der Waals surface area contributed by atoms with Crippen molar-refractivity contribution in [3.63, 3.8) is 0 Å². The van der Waals surface area contributed by atoms with Gasteiger partial charge in [0.2, 0.25) is 0 Å². The number of nitrogens with zero attached hydrogens (tertiary/aromatic N) is 3. The molecule has 0 aliphatic carbocycles. The van der Waals surface area contributed by atoms with E-state index in [0.29, 0.717) is 25.7 Å². The Hall–Kier alpha value is -1.24. The Kier molecular flexibility index (Phi) is 4.09. The van der Waals surface area contributed by atoms with Gasteiger partial charge in [-0.05, 0) is 6.07 Å². The lowest BCUT2D eigenvalue weighted by molar-refractivity contribution is -0.00114. The second-order valence-corrected chi connectivity index (χ2v) is 7.48. The first-order chi connectivity index (χ1) is 10.3. The molecule has 6 nitrogen and oxygen atoms in total. The van der Waals surface area contributed by atoms with Gasteiger partial charge >= 0.3 is 0 Å². The van der Waals surface area contributed by atoms with Gasteiger partial charge in [0, 0.05) is 30.5 Å². The summed E-state index contributed by atoms with van der Waals surface area (Å²) >= 11 is 0. The number of aliphatic hydroxyl groups is 1. The van der Waals surface area contributed by atoms with Crippen LogP contribution in [0.2, 0.25) is 0 Å². The summed E-state index contributed by atoms with van der Waals surface area (Å²) < 4.78 is 6.88. The second kappa shape index (κ2) is 5.76. The molecule has 3 rings (SSSR count). The molecule has 0 aromatic carbocycles. The van der Waals surface area contributed by atoms with Crippen molar-refractivity contribution in [1.82, 2.24) is 14.7 Å². The summed E-state index contributed by atoms with van der Waals surface area (Å²) in [7, 11) is 0. The highest BCUT2D eigenvalue weighted by Gasteiger charge is 2.39. The van der Waals surface area contributed by atoms with Gasteiger partial charge in [0.05, 0.1) is 37.6 Å². The van der Waals surface area contributed by atoms with Crippen molar-refractivity contribution in [2.24, 2.45) is 5.92 Å². The van der Waals surface area contributed by atoms with Crippen molar-refractivity contribution >= 4 is 0 Å². The highest BCUT2D eigenvalue weighted by atomic mass is 16.5. The highest BCUT2D eigenvalue weighted by Crippen LogP contribution is 2.24. The van der Waals surface area contributed by atoms with Crippen LogP contribution in [0, 0.1) is 5.92 Å². The average Bonchev–Trinajstić information content (AvgIpc) is 2.80. The summed E-state index contributed by atoms with van der Waals surface area (Å²) in [5.74, 6) is 0.410. The number of ether oxygens (including phenoxy) is 1. The monoisotopic (exact) mass is 307 g/mol. The van der Waals surface area contributed by atoms with Crippen molar-refractivity contribution < 1.29 is 9.84 Å². The van der Waals surface area contributed by atoms with Crippen molar-refractivity contribution in [3.05, 3.63) is 28.2 Å². The second-order valence-electron chi connectivity index (χ2n) is 7.48. The van der Waals surface area contributed by atoms with Gasteiger partial charge in [0.1, 0.15) is 0 Å². The Morgan fingerprint density at radius 3 is 2.64 bits per heavy atom. The summed E-state index contributed by atoms with van der Waals surface area (Å²) in [5, 5.41) is 14.4. The van der Waals surface area contributed by atoms with E-state index in [2.05, 4.69) is 30.8 Å². The molecule has 2 aliphatic rings. The van der Waals surface area contributed by atoms with Gasteiger partial charge in [-0.2, -0.15) is 5.10 Å². The first kappa shape index (κ1) is 15.6. The molecule has 0 bridgehead atoms. The van der Waals surface area contributed by atoms with Crippen LogP contribution in [0.3, 0.4) is 0 Å². The molecule has 122 valence electrons. The molecule has 0 saturated carbocycles. The zero-order valence-electron chi connectivity index (χ0n) is 13.5. The third-order valence-electron chi connectivity index (χ3n) is 4.54. The van der Waals surface area contributed by atoms with Gasteiger partial charge in [-0.3, -0.25) is 9.69 Å². The van der Waals surface area contributed by atoms with Gasteiger partial charge in [0.25, 0.3) is 5.56 Å². The van der Waals surface area contributed by atoms with Crippen LogP contribution in [0.15, 0.2) is 16.9 Å². The summed E-state index contributed by atoms with van der Waals surface area (Å²) in [6, 6.07) is 3.54. The minimum atomic E-state index is -0.383. The van der Waals surface area contributed by atoms with E-state index in [-0.39, 0.29) is 23.1 Å². The van der Waals surface area contributed by atoms with Gasteiger partial charge in [-0.1, -0.05) is 20.8 Å². The summed E-state index contributed by atoms with van der Waals surface area (Å²) in [6.07, 6.45) is -0.383. The van der Waals surface area contributed by atoms with E-state index >= 15 is 0 Å². The highest BCUT2D eigenvalue weighted by molar-refractivity contribution is 5.10. The molecule has 6 heteroatoms. The van der Waals surface area contributed by atoms with E-state index in [4.69, 9.17) is 4.74 Å². The summed E-state index contributed by atoms with van der Waals surface area (Å²) in [4.78, 5) is 14.2. The summed E-state index contributed by atoms with van der Waals surface area (Å²) in [5.41, 5.74) is 0.824. The van der Waals surface area contributed by atoms with E-state index in [1.165, 1.54) is 0 Å². The van der Waals surface area contributed by atoms with Gasteiger partial charge in [-0.25, -0.2) is 4.68 Å². The number of likely N-dealkylation sites (tertiary alicyclic amines) is 1. The Morgan fingerprint density at radius 2 is 2.05 bits per heavy atom. The van der Waals surface area contributed by atoms with E-state index in [1.807, 2.05) is 6.07 Å². The number of rotatable bonds is 3. The molecule has 1 aromatic rings. The standard InChI is InChI=1S/C16H25N3O3/c1-16(2,3)14-4-5-15(21)19(17-14)8-11-6-18(7-11)12-9-22-10-13(12)20/h4-5,11-13,20H,6-10H2,1-3H3. The largest absolute Gasteiger partial charge is 0.389 e. The maximum atomic E-state index is 12.0. The third kappa shape index (κ3) is 3.09. The van der Waals surface area contributed by atoms with E-state index < -0.39 is 0 Å². The summed E-state index contributed by atoms with van der Waals surface area (Å²) in [6.45, 7) is 9.73. The predicted molar refractivity (Wildman–Crippen MR) is 82.9 cm³/mol. The van der Waals surface area contributed by atoms with Crippen LogP contribution in [0.4, 0.5) is 0 Å². The van der Waals surface area contributed by atoms with Crippen LogP contribution in [0.1, 0.15) is 26.5 Å². The molecule has 2 unspecified atom stereocenters. The lowest BCUT2D eigenvalue weighted by Crippen LogP contribution is -2.57. The molecular formula is C16H25N3O3. The van der Waals surface area contributed by atoms with Crippen LogP contribution < -0.4 is 5.56 Å². The van der Waals surface area contributed by atoms with Crippen LogP contribution >= 0.6 is 0 Å². The first-order valence-corrected chi connectivity index (χ1v) is 7.93. The Labute approximate surface area is 130 Å². The van der Waals surface area contributed by atoms with Crippen LogP contribution in [0.5, 0.6) is 0 Å². The molecule has 0 radical (unpaired) electrons. The minimum absolute atomic E-state index is 0.0457. The lowest BCUT2D eigenvalue weighted by atomic mass is 9.92. The molecule has 0 amide bonds. The van der Waals surface area contributed by atoms with Crippen molar-refractivity contribution in [1.29, 1.82) is 0 Å². The predicted octanol–water partition coefficient (Wildman–Crippen LogP) is 0.232. The normalized spacial score (nSPS) is 27.1. The van der Waals surface area contributed by atoms with E-state index in [0.717, 1.165) is 18.8 Å². The van der Waals surface area contributed by atoms with Crippen LogP contribution in [-0.4, -0.2) is 58.2 Å². The van der Waals surface area contributed by atoms with Gasteiger partial charge in [-0.15, -0.1) is 0 Å². The fourth-order valence-corrected chi connectivity index (χ4v) is 3.10. The van der Waals surface area contributed by atoms with Gasteiger partial charge in [0.15, 0.2) is 0 Å². The molecule has 1 N–H and O–H groups in total. The number of hydrogen-bond donors (Lipinski definition) is 1. The fourth-order valence-electron chi connectivity index (χ4n) is 3.10. The fraction of sp³-hybridized carbons (Fsp3) is 0.750. The van der Waals surface area contributed by atoms with E-state index in [1.54, 1.807) is 10.7 Å². The first-order valence-electron chi connectivity index (χ1n) is 7.93. The minimum Gasteiger partial charge on any atom is -0.389 e. The topological polar surface area (TPSA) is 67.6 Å². The molecule has 2 saturated heterocycles. The third-order valence-corrected chi connectivity index (χ3v) is 4.54. The van der Waals surface area contributed by atoms with Crippen molar-refractivity contribution in [3.8, 4) is 0 Å². The zero-order valence-corrected chi connectivity index (χ0v) is 13.5. The number of aliphatic hydroxyl groups excluding tert-OH is 1. The number of hydrogen-bond acceptors (Lipinski definition) is 5. The maximum Gasteiger partial charge on any atom is 0.266 e. The average molecular weight is 307 g/mol. The molecule has 2 aliphatic heterocycles. The Bertz CT molecular complexity index is 587. The van der Waals surface area contributed by atoms with Crippen LogP contribution in [0.25, 0.3) is 0 Å². The molecule has 22 heavy (non-hydrogen) atoms. The molecule has 3 heterocycles. The van der Waals surface area contributed by atoms with Crippen molar-refractivity contribution in [2.75, 3.05) is 26.3 Å². The smallest absolute Gasteiger partial charge is 0.266 e. The Balaban J connectivity index is 1.62.